The summed E-state index contributed by atoms with van der Waals surface area (Å²) in [6.45, 7) is 0.0809. The Labute approximate surface area is 166 Å². The lowest BCUT2D eigenvalue weighted by Crippen LogP contribution is -2.24. The number of aliphatic hydroxyl groups excluding tert-OH is 1. The Bertz CT molecular complexity index is 1250. The molecule has 0 saturated carbocycles. The van der Waals surface area contributed by atoms with Crippen molar-refractivity contribution in [3.05, 3.63) is 83.7 Å². The average molecular weight is 388 g/mol. The number of carbonyl (C=O) groups excluding carboxylic acids is 1. The van der Waals surface area contributed by atoms with Crippen LogP contribution in [0.2, 0.25) is 0 Å². The second-order valence-electron chi connectivity index (χ2n) is 7.00. The summed E-state index contributed by atoms with van der Waals surface area (Å²) in [7, 11) is 0. The standard InChI is InChI=1S/C23H17FN2O3/c24-18-9-3-4-11-20(18)29-13-14(27)12-26-19-10-5-8-17-21(19)22(25-26)15-6-1-2-7-16(15)23(17)28/h1-11,14,27H,12-13H2/t14-/m0/s1. The van der Waals surface area contributed by atoms with Gasteiger partial charge in [-0.3, -0.25) is 9.48 Å². The number of hydrogen-bond acceptors (Lipinski definition) is 4. The number of para-hydroxylation sites is 1. The Morgan fingerprint density at radius 2 is 1.69 bits per heavy atom. The van der Waals surface area contributed by atoms with Crippen LogP contribution in [0.5, 0.6) is 5.75 Å². The number of carbonyl (C=O) groups is 1. The molecule has 0 unspecified atom stereocenters. The fraction of sp³-hybridized carbons (Fsp3) is 0.130. The van der Waals surface area contributed by atoms with E-state index in [1.54, 1.807) is 28.9 Å². The van der Waals surface area contributed by atoms with Crippen LogP contribution in [0.1, 0.15) is 15.9 Å². The van der Waals surface area contributed by atoms with Crippen molar-refractivity contribution in [3.8, 4) is 17.0 Å². The summed E-state index contributed by atoms with van der Waals surface area (Å²) >= 11 is 0. The second-order valence-corrected chi connectivity index (χ2v) is 7.00. The van der Waals surface area contributed by atoms with Crippen molar-refractivity contribution in [1.82, 2.24) is 9.78 Å². The number of ether oxygens (including phenoxy) is 1. The van der Waals surface area contributed by atoms with Crippen LogP contribution in [-0.2, 0) is 6.54 Å². The molecule has 0 fully saturated rings. The molecule has 1 heterocycles. The van der Waals surface area contributed by atoms with Gasteiger partial charge in [-0.2, -0.15) is 5.10 Å². The molecule has 1 atom stereocenters. The van der Waals surface area contributed by atoms with Crippen LogP contribution in [0.3, 0.4) is 0 Å². The van der Waals surface area contributed by atoms with Crippen molar-refractivity contribution in [2.24, 2.45) is 0 Å². The Morgan fingerprint density at radius 3 is 2.52 bits per heavy atom. The summed E-state index contributed by atoms with van der Waals surface area (Å²) < 4.78 is 20.8. The van der Waals surface area contributed by atoms with Crippen molar-refractivity contribution in [2.75, 3.05) is 6.61 Å². The van der Waals surface area contributed by atoms with Gasteiger partial charge in [0.1, 0.15) is 18.4 Å². The molecule has 4 aromatic rings. The number of rotatable bonds is 5. The number of ketones is 1. The summed E-state index contributed by atoms with van der Waals surface area (Å²) in [5, 5.41) is 15.9. The van der Waals surface area contributed by atoms with Crippen LogP contribution in [-0.4, -0.2) is 33.4 Å². The number of aromatic nitrogens is 2. The Balaban J connectivity index is 1.47. The molecule has 1 aliphatic carbocycles. The van der Waals surface area contributed by atoms with E-state index >= 15 is 0 Å². The molecule has 29 heavy (non-hydrogen) atoms. The molecule has 0 bridgehead atoms. The van der Waals surface area contributed by atoms with Crippen molar-refractivity contribution in [2.45, 2.75) is 12.6 Å². The van der Waals surface area contributed by atoms with Crippen LogP contribution < -0.4 is 4.74 Å². The smallest absolute Gasteiger partial charge is 0.194 e. The van der Waals surface area contributed by atoms with E-state index in [0.29, 0.717) is 11.1 Å². The summed E-state index contributed by atoms with van der Waals surface area (Å²) in [6, 6.07) is 19.0. The first kappa shape index (κ1) is 17.6. The Morgan fingerprint density at radius 1 is 0.966 bits per heavy atom. The maximum Gasteiger partial charge on any atom is 0.194 e. The van der Waals surface area contributed by atoms with Gasteiger partial charge in [-0.1, -0.05) is 48.5 Å². The summed E-state index contributed by atoms with van der Waals surface area (Å²) in [6.07, 6.45) is -0.902. The van der Waals surface area contributed by atoms with Crippen LogP contribution in [0.15, 0.2) is 66.7 Å². The number of hydrogen-bond donors (Lipinski definition) is 1. The average Bonchev–Trinajstić information content (AvgIpc) is 3.11. The van der Waals surface area contributed by atoms with E-state index in [4.69, 9.17) is 4.74 Å². The predicted molar refractivity (Wildman–Crippen MR) is 107 cm³/mol. The molecule has 0 spiro atoms. The molecular weight excluding hydrogens is 371 g/mol. The first-order valence-electron chi connectivity index (χ1n) is 9.32. The monoisotopic (exact) mass is 388 g/mol. The fourth-order valence-corrected chi connectivity index (χ4v) is 3.78. The minimum atomic E-state index is -0.902. The number of aliphatic hydroxyl groups is 1. The molecule has 0 saturated heterocycles. The fourth-order valence-electron chi connectivity index (χ4n) is 3.78. The number of fused-ring (bicyclic) bond motifs is 2. The lowest BCUT2D eigenvalue weighted by Gasteiger charge is -2.14. The molecule has 6 heteroatoms. The zero-order valence-corrected chi connectivity index (χ0v) is 15.4. The topological polar surface area (TPSA) is 64.4 Å². The van der Waals surface area contributed by atoms with Gasteiger partial charge in [0, 0.05) is 22.1 Å². The molecule has 0 aliphatic heterocycles. The van der Waals surface area contributed by atoms with Gasteiger partial charge in [-0.15, -0.1) is 0 Å². The summed E-state index contributed by atoms with van der Waals surface area (Å²) in [5.41, 5.74) is 3.52. The van der Waals surface area contributed by atoms with Crippen LogP contribution in [0, 0.1) is 5.82 Å². The van der Waals surface area contributed by atoms with E-state index < -0.39 is 11.9 Å². The largest absolute Gasteiger partial charge is 0.488 e. The molecule has 0 radical (unpaired) electrons. The number of nitrogens with zero attached hydrogens (tertiary/aromatic N) is 2. The van der Waals surface area contributed by atoms with Crippen molar-refractivity contribution in [1.29, 1.82) is 0 Å². The zero-order chi connectivity index (χ0) is 20.0. The van der Waals surface area contributed by atoms with E-state index in [0.717, 1.165) is 22.2 Å². The zero-order valence-electron chi connectivity index (χ0n) is 15.4. The lowest BCUT2D eigenvalue weighted by atomic mass is 9.87. The third kappa shape index (κ3) is 2.89. The second kappa shape index (κ2) is 6.83. The van der Waals surface area contributed by atoms with Crippen LogP contribution in [0.4, 0.5) is 4.39 Å². The highest BCUT2D eigenvalue weighted by molar-refractivity contribution is 6.25. The highest BCUT2D eigenvalue weighted by Crippen LogP contribution is 2.38. The van der Waals surface area contributed by atoms with Gasteiger partial charge in [0.15, 0.2) is 17.3 Å². The van der Waals surface area contributed by atoms with Gasteiger partial charge in [0.05, 0.1) is 12.1 Å². The molecule has 5 nitrogen and oxygen atoms in total. The van der Waals surface area contributed by atoms with E-state index in [1.165, 1.54) is 12.1 Å². The van der Waals surface area contributed by atoms with Crippen molar-refractivity contribution in [3.63, 3.8) is 0 Å². The number of benzene rings is 3. The lowest BCUT2D eigenvalue weighted by molar-refractivity contribution is 0.0886. The summed E-state index contributed by atoms with van der Waals surface area (Å²) in [4.78, 5) is 12.9. The molecular formula is C23H17FN2O3. The molecule has 5 rings (SSSR count). The predicted octanol–water partition coefficient (Wildman–Crippen LogP) is 3.83. The first-order valence-corrected chi connectivity index (χ1v) is 9.32. The van der Waals surface area contributed by atoms with Gasteiger partial charge in [0.25, 0.3) is 0 Å². The quantitative estimate of drug-likeness (QED) is 0.497. The van der Waals surface area contributed by atoms with Gasteiger partial charge in [-0.25, -0.2) is 4.39 Å². The SMILES string of the molecule is O=C1c2ccccc2-c2nn(C[C@H](O)COc3ccccc3F)c3cccc1c23. The van der Waals surface area contributed by atoms with Gasteiger partial charge >= 0.3 is 0 Å². The van der Waals surface area contributed by atoms with E-state index in [2.05, 4.69) is 5.10 Å². The van der Waals surface area contributed by atoms with Gasteiger partial charge < -0.3 is 9.84 Å². The first-order chi connectivity index (χ1) is 14.1. The highest BCUT2D eigenvalue weighted by atomic mass is 19.1. The Kier molecular flexibility index (Phi) is 4.14. The number of halogens is 1. The molecule has 1 aliphatic rings. The van der Waals surface area contributed by atoms with Gasteiger partial charge in [-0.05, 0) is 18.2 Å². The third-order valence-electron chi connectivity index (χ3n) is 5.10. The summed E-state index contributed by atoms with van der Waals surface area (Å²) in [5.74, 6) is -0.406. The Hall–Kier alpha value is -3.51. The molecule has 3 aromatic carbocycles. The van der Waals surface area contributed by atoms with Crippen LogP contribution in [0.25, 0.3) is 22.2 Å². The van der Waals surface area contributed by atoms with Crippen LogP contribution >= 0.6 is 0 Å². The molecule has 144 valence electrons. The maximum atomic E-state index is 13.7. The maximum absolute atomic E-state index is 13.7. The molecule has 1 N–H and O–H groups in total. The van der Waals surface area contributed by atoms with E-state index in [9.17, 15) is 14.3 Å². The third-order valence-corrected chi connectivity index (χ3v) is 5.10. The minimum absolute atomic E-state index is 0.0262. The minimum Gasteiger partial charge on any atom is -0.488 e. The van der Waals surface area contributed by atoms with E-state index in [-0.39, 0.29) is 24.7 Å². The van der Waals surface area contributed by atoms with E-state index in [1.807, 2.05) is 30.3 Å². The van der Waals surface area contributed by atoms with Gasteiger partial charge in [0.2, 0.25) is 0 Å². The normalized spacial score (nSPS) is 13.4. The van der Waals surface area contributed by atoms with Crippen molar-refractivity contribution >= 4 is 16.7 Å². The van der Waals surface area contributed by atoms with Crippen molar-refractivity contribution < 1.29 is 19.0 Å². The highest BCUT2D eigenvalue weighted by Gasteiger charge is 2.28. The molecule has 0 amide bonds. The molecule has 1 aromatic heterocycles.